The summed E-state index contributed by atoms with van der Waals surface area (Å²) in [5.41, 5.74) is -0.225. The topological polar surface area (TPSA) is 61.1 Å². The van der Waals surface area contributed by atoms with Crippen LogP contribution in [0, 0.1) is 11.3 Å². The van der Waals surface area contributed by atoms with Crippen molar-refractivity contribution in [2.75, 3.05) is 0 Å². The van der Waals surface area contributed by atoms with E-state index in [4.69, 9.17) is 10.4 Å². The molecule has 0 aromatic rings. The van der Waals surface area contributed by atoms with Crippen LogP contribution in [0.4, 0.5) is 0 Å². The summed E-state index contributed by atoms with van der Waals surface area (Å²) in [6.45, 7) is 2.13. The molecular formula is C11H15NO2. The second kappa shape index (κ2) is 8.06. The van der Waals surface area contributed by atoms with E-state index in [1.54, 1.807) is 12.1 Å². The van der Waals surface area contributed by atoms with Gasteiger partial charge in [0.05, 0.1) is 0 Å². The molecule has 3 nitrogen and oxygen atoms in total. The first-order valence-corrected chi connectivity index (χ1v) is 4.72. The quantitative estimate of drug-likeness (QED) is 0.305. The number of rotatable bonds is 6. The van der Waals surface area contributed by atoms with Crippen molar-refractivity contribution in [2.45, 2.75) is 32.6 Å². The largest absolute Gasteiger partial charge is 0.477 e. The predicted molar refractivity (Wildman–Crippen MR) is 54.6 cm³/mol. The normalized spacial score (nSPS) is 11.6. The molecule has 0 aliphatic carbocycles. The van der Waals surface area contributed by atoms with E-state index in [1.165, 1.54) is 18.9 Å². The monoisotopic (exact) mass is 193 g/mol. The van der Waals surface area contributed by atoms with E-state index >= 15 is 0 Å². The molecule has 0 amide bonds. The molecule has 3 heteroatoms. The van der Waals surface area contributed by atoms with Gasteiger partial charge in [-0.3, -0.25) is 0 Å². The third kappa shape index (κ3) is 6.01. The van der Waals surface area contributed by atoms with Crippen LogP contribution in [0.3, 0.4) is 0 Å². The lowest BCUT2D eigenvalue weighted by Gasteiger charge is -1.90. The Bertz CT molecular complexity index is 272. The van der Waals surface area contributed by atoms with Crippen molar-refractivity contribution in [2.24, 2.45) is 0 Å². The lowest BCUT2D eigenvalue weighted by Crippen LogP contribution is -1.96. The first-order valence-electron chi connectivity index (χ1n) is 4.72. The summed E-state index contributed by atoms with van der Waals surface area (Å²) in [5.74, 6) is -1.18. The van der Waals surface area contributed by atoms with Crippen molar-refractivity contribution in [1.82, 2.24) is 0 Å². The Morgan fingerprint density at radius 2 is 2.21 bits per heavy atom. The maximum Gasteiger partial charge on any atom is 0.346 e. The van der Waals surface area contributed by atoms with Crippen LogP contribution in [0.5, 0.6) is 0 Å². The lowest BCUT2D eigenvalue weighted by molar-refractivity contribution is -0.132. The maximum atomic E-state index is 10.4. The predicted octanol–water partition coefficient (Wildman–Crippen LogP) is 2.66. The number of nitriles is 1. The van der Waals surface area contributed by atoms with Gasteiger partial charge in [0.1, 0.15) is 11.6 Å². The highest BCUT2D eigenvalue weighted by Crippen LogP contribution is 2.00. The maximum absolute atomic E-state index is 10.4. The molecule has 0 rings (SSSR count). The Kier molecular flexibility index (Phi) is 7.16. The highest BCUT2D eigenvalue weighted by molar-refractivity contribution is 5.91. The minimum Gasteiger partial charge on any atom is -0.477 e. The summed E-state index contributed by atoms with van der Waals surface area (Å²) in [5, 5.41) is 16.9. The van der Waals surface area contributed by atoms with Crippen LogP contribution in [-0.4, -0.2) is 11.1 Å². The third-order valence-corrected chi connectivity index (χ3v) is 1.72. The summed E-state index contributed by atoms with van der Waals surface area (Å²) < 4.78 is 0. The molecular weight excluding hydrogens is 178 g/mol. The Balaban J connectivity index is 3.89. The zero-order chi connectivity index (χ0) is 10.8. The Morgan fingerprint density at radius 1 is 1.50 bits per heavy atom. The van der Waals surface area contributed by atoms with Crippen LogP contribution in [-0.2, 0) is 4.79 Å². The summed E-state index contributed by atoms with van der Waals surface area (Å²) in [6, 6.07) is 1.61. The number of hydrogen-bond donors (Lipinski definition) is 1. The van der Waals surface area contributed by atoms with Gasteiger partial charge in [0.25, 0.3) is 0 Å². The standard InChI is InChI=1S/C11H15NO2/c1-2-3-4-5-6-7-8-10(9-12)11(13)14/h6-8H,2-5H2,1H3,(H,13,14)/b7-6+,10-8+. The molecule has 0 fully saturated rings. The number of carboxylic acids is 1. The Labute approximate surface area is 84.4 Å². The van der Waals surface area contributed by atoms with Gasteiger partial charge in [-0.15, -0.1) is 0 Å². The van der Waals surface area contributed by atoms with Crippen molar-refractivity contribution in [3.63, 3.8) is 0 Å². The lowest BCUT2D eigenvalue weighted by atomic mass is 10.2. The Hall–Kier alpha value is -1.56. The average molecular weight is 193 g/mol. The van der Waals surface area contributed by atoms with Crippen LogP contribution in [0.25, 0.3) is 0 Å². The van der Waals surface area contributed by atoms with Crippen molar-refractivity contribution in [3.8, 4) is 6.07 Å². The average Bonchev–Trinajstić information content (AvgIpc) is 2.16. The summed E-state index contributed by atoms with van der Waals surface area (Å²) in [4.78, 5) is 10.4. The van der Waals surface area contributed by atoms with Gasteiger partial charge in [-0.25, -0.2) is 4.79 Å². The third-order valence-electron chi connectivity index (χ3n) is 1.72. The molecule has 0 radical (unpaired) electrons. The number of carboxylic acid groups (broad SMARTS) is 1. The van der Waals surface area contributed by atoms with E-state index in [0.29, 0.717) is 0 Å². The van der Waals surface area contributed by atoms with Crippen molar-refractivity contribution in [3.05, 3.63) is 23.8 Å². The molecule has 0 saturated heterocycles. The van der Waals surface area contributed by atoms with E-state index in [0.717, 1.165) is 12.8 Å². The fraction of sp³-hybridized carbons (Fsp3) is 0.455. The number of aliphatic carboxylic acids is 1. The van der Waals surface area contributed by atoms with E-state index in [2.05, 4.69) is 6.92 Å². The van der Waals surface area contributed by atoms with Gasteiger partial charge in [0.2, 0.25) is 0 Å². The molecule has 0 aliphatic rings. The number of hydrogen-bond acceptors (Lipinski definition) is 2. The molecule has 1 N–H and O–H groups in total. The van der Waals surface area contributed by atoms with Crippen LogP contribution in [0.2, 0.25) is 0 Å². The molecule has 0 aliphatic heterocycles. The summed E-state index contributed by atoms with van der Waals surface area (Å²) >= 11 is 0. The molecule has 0 aromatic carbocycles. The molecule has 0 aromatic heterocycles. The van der Waals surface area contributed by atoms with Gasteiger partial charge in [0.15, 0.2) is 0 Å². The summed E-state index contributed by atoms with van der Waals surface area (Å²) in [7, 11) is 0. The van der Waals surface area contributed by atoms with E-state index < -0.39 is 5.97 Å². The second-order valence-electron chi connectivity index (χ2n) is 2.92. The SMILES string of the molecule is CCCCC/C=C/C=C(\C#N)C(=O)O. The van der Waals surface area contributed by atoms with Crippen molar-refractivity contribution >= 4 is 5.97 Å². The molecule has 0 atom stereocenters. The number of allylic oxidation sites excluding steroid dienone is 3. The molecule has 0 unspecified atom stereocenters. The first kappa shape index (κ1) is 12.4. The highest BCUT2D eigenvalue weighted by atomic mass is 16.4. The molecule has 0 spiro atoms. The molecule has 76 valence electrons. The van der Waals surface area contributed by atoms with Gasteiger partial charge in [0, 0.05) is 0 Å². The Morgan fingerprint density at radius 3 is 2.71 bits per heavy atom. The van der Waals surface area contributed by atoms with Crippen molar-refractivity contribution < 1.29 is 9.90 Å². The fourth-order valence-electron chi connectivity index (χ4n) is 0.929. The zero-order valence-corrected chi connectivity index (χ0v) is 8.36. The van der Waals surface area contributed by atoms with E-state index in [1.807, 2.05) is 6.08 Å². The van der Waals surface area contributed by atoms with Gasteiger partial charge in [-0.05, 0) is 18.9 Å². The van der Waals surface area contributed by atoms with Crippen LogP contribution in [0.1, 0.15) is 32.6 Å². The minimum atomic E-state index is -1.18. The molecule has 0 heterocycles. The van der Waals surface area contributed by atoms with Gasteiger partial charge in [-0.2, -0.15) is 5.26 Å². The number of carbonyl (C=O) groups is 1. The minimum absolute atomic E-state index is 0.225. The van der Waals surface area contributed by atoms with Crippen LogP contribution in [0.15, 0.2) is 23.8 Å². The fourth-order valence-corrected chi connectivity index (χ4v) is 0.929. The zero-order valence-electron chi connectivity index (χ0n) is 8.36. The molecule has 14 heavy (non-hydrogen) atoms. The number of unbranched alkanes of at least 4 members (excludes halogenated alkanes) is 3. The van der Waals surface area contributed by atoms with Gasteiger partial charge < -0.3 is 5.11 Å². The van der Waals surface area contributed by atoms with E-state index in [9.17, 15) is 4.79 Å². The van der Waals surface area contributed by atoms with Crippen molar-refractivity contribution in [1.29, 1.82) is 5.26 Å². The highest BCUT2D eigenvalue weighted by Gasteiger charge is 2.01. The van der Waals surface area contributed by atoms with Gasteiger partial charge >= 0.3 is 5.97 Å². The number of nitrogens with zero attached hydrogens (tertiary/aromatic N) is 1. The molecule has 0 saturated carbocycles. The molecule has 0 bridgehead atoms. The summed E-state index contributed by atoms with van der Waals surface area (Å²) in [6.07, 6.45) is 9.23. The van der Waals surface area contributed by atoms with E-state index in [-0.39, 0.29) is 5.57 Å². The van der Waals surface area contributed by atoms with Crippen LogP contribution >= 0.6 is 0 Å². The van der Waals surface area contributed by atoms with Gasteiger partial charge in [-0.1, -0.05) is 31.9 Å². The van der Waals surface area contributed by atoms with Crippen LogP contribution < -0.4 is 0 Å². The second-order valence-corrected chi connectivity index (χ2v) is 2.92. The first-order chi connectivity index (χ1) is 6.72. The smallest absolute Gasteiger partial charge is 0.346 e.